The number of hydrogen-bond donors (Lipinski definition) is 2. The van der Waals surface area contributed by atoms with Crippen LogP contribution in [0.4, 0.5) is 4.79 Å². The van der Waals surface area contributed by atoms with Crippen molar-refractivity contribution in [1.82, 2.24) is 20.4 Å². The molecule has 2 rings (SSSR count). The second-order valence-corrected chi connectivity index (χ2v) is 9.86. The van der Waals surface area contributed by atoms with Crippen LogP contribution in [-0.2, 0) is 19.0 Å². The number of morpholine rings is 1. The topological polar surface area (TPSA) is 129 Å². The van der Waals surface area contributed by atoms with E-state index in [1.165, 1.54) is 0 Å². The first-order valence-corrected chi connectivity index (χ1v) is 12.5. The number of guanidine groups is 1. The van der Waals surface area contributed by atoms with Crippen LogP contribution in [0.5, 0.6) is 0 Å². The van der Waals surface area contributed by atoms with Gasteiger partial charge < -0.3 is 29.3 Å². The van der Waals surface area contributed by atoms with Gasteiger partial charge in [0.25, 0.3) is 0 Å². The molecule has 198 valence electrons. The minimum atomic E-state index is -0.965. The highest BCUT2D eigenvalue weighted by Gasteiger charge is 2.38. The lowest BCUT2D eigenvalue weighted by Gasteiger charge is -2.38. The third kappa shape index (κ3) is 9.63. The third-order valence-electron chi connectivity index (χ3n) is 5.88. The van der Waals surface area contributed by atoms with Crippen molar-refractivity contribution in [3.63, 3.8) is 0 Å². The second-order valence-electron chi connectivity index (χ2n) is 9.86. The number of carbonyl (C=O) groups is 2. The number of carbonyl (C=O) groups excluding carboxylic acids is 2. The van der Waals surface area contributed by atoms with E-state index in [0.29, 0.717) is 39.1 Å². The van der Waals surface area contributed by atoms with Crippen LogP contribution >= 0.6 is 0 Å². The summed E-state index contributed by atoms with van der Waals surface area (Å²) in [5.41, 5.74) is -1.45. The highest BCUT2D eigenvalue weighted by atomic mass is 16.5. The standard InChI is InChI=1S/C24H42N6O5/c1-6-10-29-11-8-24(18-25,9-12-29)28-20(31)19(17-35-23(3,4)5)26-21(27-22(32)34-7-2)30-13-15-33-16-14-30/h19H,6-17H2,1-5H3,(H,28,31)(H,26,27,32). The molecule has 0 aromatic heterocycles. The predicted octanol–water partition coefficient (Wildman–Crippen LogP) is 1.49. The number of hydrogen-bond acceptors (Lipinski definition) is 8. The van der Waals surface area contributed by atoms with Gasteiger partial charge in [0.15, 0.2) is 6.04 Å². The predicted molar refractivity (Wildman–Crippen MR) is 132 cm³/mol. The molecule has 0 aliphatic carbocycles. The first kappa shape index (κ1) is 28.8. The number of alkyl carbamates (subject to hydrolysis) is 1. The van der Waals surface area contributed by atoms with E-state index in [9.17, 15) is 14.9 Å². The fourth-order valence-electron chi connectivity index (χ4n) is 3.93. The first-order chi connectivity index (χ1) is 16.6. The van der Waals surface area contributed by atoms with Gasteiger partial charge in [0, 0.05) is 26.2 Å². The van der Waals surface area contributed by atoms with Gasteiger partial charge in [-0.15, -0.1) is 0 Å². The maximum absolute atomic E-state index is 13.5. The van der Waals surface area contributed by atoms with Gasteiger partial charge in [0.2, 0.25) is 11.9 Å². The van der Waals surface area contributed by atoms with Crippen molar-refractivity contribution in [2.75, 3.05) is 59.2 Å². The van der Waals surface area contributed by atoms with Gasteiger partial charge >= 0.3 is 6.09 Å². The Kier molecular flexibility index (Phi) is 11.2. The second kappa shape index (κ2) is 13.6. The first-order valence-electron chi connectivity index (χ1n) is 12.5. The molecule has 2 heterocycles. The molecule has 0 aromatic rings. The molecule has 2 aliphatic rings. The summed E-state index contributed by atoms with van der Waals surface area (Å²) in [6.45, 7) is 14.2. The quantitative estimate of drug-likeness (QED) is 0.384. The molecule has 2 aliphatic heterocycles. The van der Waals surface area contributed by atoms with Gasteiger partial charge in [-0.25, -0.2) is 9.79 Å². The van der Waals surface area contributed by atoms with Crippen molar-refractivity contribution in [3.8, 4) is 6.07 Å². The summed E-state index contributed by atoms with van der Waals surface area (Å²) in [4.78, 5) is 34.5. The molecule has 11 nitrogen and oxygen atoms in total. The Bertz CT molecular complexity index is 761. The van der Waals surface area contributed by atoms with E-state index in [0.717, 1.165) is 26.1 Å². The fourth-order valence-corrected chi connectivity index (χ4v) is 3.93. The van der Waals surface area contributed by atoms with Gasteiger partial charge in [-0.3, -0.25) is 10.1 Å². The Morgan fingerprint density at radius 2 is 1.83 bits per heavy atom. The normalized spacial score (nSPS) is 20.0. The number of nitrogens with zero attached hydrogens (tertiary/aromatic N) is 4. The number of ether oxygens (including phenoxy) is 3. The van der Waals surface area contributed by atoms with Gasteiger partial charge in [0.1, 0.15) is 5.54 Å². The molecule has 1 atom stereocenters. The summed E-state index contributed by atoms with van der Waals surface area (Å²) < 4.78 is 16.4. The van der Waals surface area contributed by atoms with Crippen LogP contribution in [0.2, 0.25) is 0 Å². The average Bonchev–Trinajstić information content (AvgIpc) is 2.82. The van der Waals surface area contributed by atoms with E-state index in [1.54, 1.807) is 6.92 Å². The van der Waals surface area contributed by atoms with Gasteiger partial charge in [-0.1, -0.05) is 6.92 Å². The number of likely N-dealkylation sites (tertiary alicyclic amines) is 1. The van der Waals surface area contributed by atoms with E-state index in [1.807, 2.05) is 25.7 Å². The number of amides is 2. The zero-order valence-corrected chi connectivity index (χ0v) is 21.9. The number of nitrogens with one attached hydrogen (secondary N) is 2. The smallest absolute Gasteiger partial charge is 0.413 e. The zero-order chi connectivity index (χ0) is 25.9. The summed E-state index contributed by atoms with van der Waals surface area (Å²) in [6, 6.07) is 1.37. The lowest BCUT2D eigenvalue weighted by atomic mass is 9.88. The minimum Gasteiger partial charge on any atom is -0.450 e. The molecular weight excluding hydrogens is 452 g/mol. The van der Waals surface area contributed by atoms with Crippen molar-refractivity contribution in [1.29, 1.82) is 5.26 Å². The molecule has 0 radical (unpaired) electrons. The molecule has 1 unspecified atom stereocenters. The zero-order valence-electron chi connectivity index (χ0n) is 21.9. The van der Waals surface area contributed by atoms with E-state index in [2.05, 4.69) is 33.5 Å². The number of piperidine rings is 1. The summed E-state index contributed by atoms with van der Waals surface area (Å²) in [7, 11) is 0. The molecule has 0 bridgehead atoms. The maximum Gasteiger partial charge on any atom is 0.413 e. The van der Waals surface area contributed by atoms with Gasteiger partial charge in [-0.2, -0.15) is 5.26 Å². The summed E-state index contributed by atoms with van der Waals surface area (Å²) in [6.07, 6.45) is 1.49. The van der Waals surface area contributed by atoms with E-state index >= 15 is 0 Å². The summed E-state index contributed by atoms with van der Waals surface area (Å²) >= 11 is 0. The molecule has 0 aromatic carbocycles. The van der Waals surface area contributed by atoms with Crippen LogP contribution in [-0.4, -0.2) is 104 Å². The maximum atomic E-state index is 13.5. The Morgan fingerprint density at radius 3 is 2.37 bits per heavy atom. The molecule has 11 heteroatoms. The van der Waals surface area contributed by atoms with Crippen LogP contribution in [0.1, 0.15) is 53.9 Å². The largest absolute Gasteiger partial charge is 0.450 e. The van der Waals surface area contributed by atoms with Gasteiger partial charge in [0.05, 0.1) is 38.1 Å². The molecule has 0 spiro atoms. The molecule has 0 saturated carbocycles. The number of aliphatic imine (C=N–C) groups is 1. The van der Waals surface area contributed by atoms with Crippen LogP contribution in [0.15, 0.2) is 4.99 Å². The highest BCUT2D eigenvalue weighted by Crippen LogP contribution is 2.22. The van der Waals surface area contributed by atoms with E-state index in [4.69, 9.17) is 14.2 Å². The molecule has 2 N–H and O–H groups in total. The van der Waals surface area contributed by atoms with E-state index in [-0.39, 0.29) is 19.2 Å². The lowest BCUT2D eigenvalue weighted by Crippen LogP contribution is -2.57. The Morgan fingerprint density at radius 1 is 1.17 bits per heavy atom. The average molecular weight is 495 g/mol. The Labute approximate surface area is 209 Å². The number of nitriles is 1. The van der Waals surface area contributed by atoms with Crippen LogP contribution in [0.25, 0.3) is 0 Å². The van der Waals surface area contributed by atoms with Crippen LogP contribution < -0.4 is 10.6 Å². The van der Waals surface area contributed by atoms with Gasteiger partial charge in [-0.05, 0) is 53.5 Å². The van der Waals surface area contributed by atoms with Crippen molar-refractivity contribution in [2.45, 2.75) is 71.1 Å². The number of rotatable bonds is 8. The van der Waals surface area contributed by atoms with Crippen molar-refractivity contribution in [3.05, 3.63) is 0 Å². The van der Waals surface area contributed by atoms with Crippen LogP contribution in [0.3, 0.4) is 0 Å². The monoisotopic (exact) mass is 494 g/mol. The molecule has 2 fully saturated rings. The highest BCUT2D eigenvalue weighted by molar-refractivity contribution is 5.96. The molecule has 35 heavy (non-hydrogen) atoms. The van der Waals surface area contributed by atoms with E-state index < -0.39 is 29.2 Å². The van der Waals surface area contributed by atoms with Crippen molar-refractivity contribution in [2.24, 2.45) is 4.99 Å². The molecular formula is C24H42N6O5. The molecule has 2 saturated heterocycles. The Balaban J connectivity index is 2.26. The lowest BCUT2D eigenvalue weighted by molar-refractivity contribution is -0.126. The summed E-state index contributed by atoms with van der Waals surface area (Å²) in [5, 5.41) is 15.6. The SMILES string of the molecule is CCCN1CCC(C#N)(NC(=O)C(COC(C)(C)C)N=C(NC(=O)OCC)N2CCOCC2)CC1. The van der Waals surface area contributed by atoms with Crippen molar-refractivity contribution < 1.29 is 23.8 Å². The molecule has 2 amide bonds. The fraction of sp³-hybridized carbons (Fsp3) is 0.833. The Hall–Kier alpha value is -2.42. The van der Waals surface area contributed by atoms with Crippen molar-refractivity contribution >= 4 is 18.0 Å². The summed E-state index contributed by atoms with van der Waals surface area (Å²) in [5.74, 6) is -0.177. The third-order valence-corrected chi connectivity index (χ3v) is 5.88. The van der Waals surface area contributed by atoms with Crippen LogP contribution in [0, 0.1) is 11.3 Å². The minimum absolute atomic E-state index is 0.00283.